The Morgan fingerprint density at radius 1 is 1.12 bits per heavy atom. The zero-order valence-corrected chi connectivity index (χ0v) is 7.12. The molecule has 2 atom stereocenters. The van der Waals surface area contributed by atoms with Gasteiger partial charge in [-0.3, -0.25) is 0 Å². The largest absolute Gasteiger partial charge is 0.304 e. The van der Waals surface area contributed by atoms with Crippen molar-refractivity contribution >= 4 is 0 Å². The molecule has 0 saturated carbocycles. The van der Waals surface area contributed by atoms with Crippen LogP contribution in [0, 0.1) is 0 Å². The first kappa shape index (κ1) is 6.46. The molecule has 2 heteroatoms. The molecule has 0 aliphatic carbocycles. The van der Waals surface area contributed by atoms with Gasteiger partial charge in [0.25, 0.3) is 0 Å². The molecule has 0 spiro atoms. The van der Waals surface area contributed by atoms with Crippen LogP contribution in [0.25, 0.3) is 0 Å². The Balaban J connectivity index is 0.000000320. The van der Waals surface area contributed by atoms with Crippen molar-refractivity contribution in [3.05, 3.63) is 12.2 Å². The number of fused-ring (bicyclic) bond motifs is 2. The predicted octanol–water partition coefficient (Wildman–Crippen LogP) is 0.674. The first-order chi connectivity index (χ1) is 3.45. The standard InChI is InChI=1S/C6H9N.Os/c1-2-6-4-3-5(1)7-6;/h1-2,5-7H,3-4H2;. The smallest absolute Gasteiger partial charge is 0.0256 e. The van der Waals surface area contributed by atoms with Crippen LogP contribution in [0.4, 0.5) is 0 Å². The van der Waals surface area contributed by atoms with E-state index in [1.165, 1.54) is 12.8 Å². The van der Waals surface area contributed by atoms with Gasteiger partial charge >= 0.3 is 0 Å². The van der Waals surface area contributed by atoms with Crippen molar-refractivity contribution in [1.29, 1.82) is 0 Å². The summed E-state index contributed by atoms with van der Waals surface area (Å²) in [7, 11) is 0. The zero-order valence-electron chi connectivity index (χ0n) is 4.58. The number of rotatable bonds is 0. The quantitative estimate of drug-likeness (QED) is 0.645. The molecule has 2 rings (SSSR count). The second-order valence-corrected chi connectivity index (χ2v) is 2.34. The van der Waals surface area contributed by atoms with Gasteiger partial charge in [0.15, 0.2) is 0 Å². The van der Waals surface area contributed by atoms with Crippen molar-refractivity contribution in [3.8, 4) is 0 Å². The summed E-state index contributed by atoms with van der Waals surface area (Å²) in [6.07, 6.45) is 7.27. The molecule has 1 N–H and O–H groups in total. The van der Waals surface area contributed by atoms with E-state index >= 15 is 0 Å². The van der Waals surface area contributed by atoms with Gasteiger partial charge in [-0.05, 0) is 12.8 Å². The van der Waals surface area contributed by atoms with Gasteiger partial charge < -0.3 is 5.32 Å². The first-order valence-corrected chi connectivity index (χ1v) is 2.89. The van der Waals surface area contributed by atoms with Crippen LogP contribution in [-0.4, -0.2) is 12.1 Å². The van der Waals surface area contributed by atoms with Crippen LogP contribution in [0.5, 0.6) is 0 Å². The van der Waals surface area contributed by atoms with Crippen molar-refractivity contribution < 1.29 is 19.8 Å². The number of nitrogens with one attached hydrogen (secondary N) is 1. The van der Waals surface area contributed by atoms with Crippen LogP contribution in [0.15, 0.2) is 12.2 Å². The minimum Gasteiger partial charge on any atom is -0.304 e. The maximum absolute atomic E-state index is 3.42. The number of hydrogen-bond donors (Lipinski definition) is 1. The van der Waals surface area contributed by atoms with Crippen molar-refractivity contribution in [3.63, 3.8) is 0 Å². The first-order valence-electron chi connectivity index (χ1n) is 2.89. The van der Waals surface area contributed by atoms with Gasteiger partial charge in [0.1, 0.15) is 0 Å². The summed E-state index contributed by atoms with van der Waals surface area (Å²) in [5.41, 5.74) is 0. The zero-order chi connectivity index (χ0) is 4.69. The summed E-state index contributed by atoms with van der Waals surface area (Å²) in [6, 6.07) is 1.48. The van der Waals surface area contributed by atoms with Gasteiger partial charge in [-0.25, -0.2) is 0 Å². The SMILES string of the molecule is C1=CC2CCC1N2.[Os]. The Kier molecular flexibility index (Phi) is 1.85. The molecule has 0 aromatic rings. The molecule has 0 amide bonds. The van der Waals surface area contributed by atoms with Gasteiger partial charge in [-0.15, -0.1) is 0 Å². The molecule has 46 valence electrons. The third-order valence-electron chi connectivity index (χ3n) is 1.79. The fraction of sp³-hybridized carbons (Fsp3) is 0.667. The second-order valence-electron chi connectivity index (χ2n) is 2.34. The third kappa shape index (κ3) is 0.878. The molecule has 2 aliphatic heterocycles. The van der Waals surface area contributed by atoms with E-state index < -0.39 is 0 Å². The summed E-state index contributed by atoms with van der Waals surface area (Å²) in [5, 5.41) is 3.42. The van der Waals surface area contributed by atoms with E-state index in [2.05, 4.69) is 17.5 Å². The maximum Gasteiger partial charge on any atom is 0.0256 e. The minimum absolute atomic E-state index is 0. The molecule has 1 fully saturated rings. The minimum atomic E-state index is 0. The Labute approximate surface area is 62.6 Å². The molecule has 0 aromatic carbocycles. The average Bonchev–Trinajstić information content (AvgIpc) is 2.22. The molecular weight excluding hydrogens is 276 g/mol. The van der Waals surface area contributed by atoms with Crippen LogP contribution in [0.1, 0.15) is 12.8 Å². The van der Waals surface area contributed by atoms with E-state index in [1.54, 1.807) is 0 Å². The molecule has 1 saturated heterocycles. The van der Waals surface area contributed by atoms with Crippen LogP contribution in [0.2, 0.25) is 0 Å². The Bertz CT molecular complexity index is 99.1. The van der Waals surface area contributed by atoms with E-state index in [4.69, 9.17) is 0 Å². The fourth-order valence-corrected chi connectivity index (χ4v) is 1.37. The molecule has 2 unspecified atom stereocenters. The van der Waals surface area contributed by atoms with Crippen LogP contribution in [-0.2, 0) is 19.8 Å². The number of hydrogen-bond acceptors (Lipinski definition) is 1. The Morgan fingerprint density at radius 2 is 1.62 bits per heavy atom. The third-order valence-corrected chi connectivity index (χ3v) is 1.79. The van der Waals surface area contributed by atoms with Crippen LogP contribution >= 0.6 is 0 Å². The summed E-state index contributed by atoms with van der Waals surface area (Å²) in [6.45, 7) is 0. The van der Waals surface area contributed by atoms with Crippen LogP contribution in [0.3, 0.4) is 0 Å². The van der Waals surface area contributed by atoms with E-state index in [1.807, 2.05) is 0 Å². The van der Waals surface area contributed by atoms with Gasteiger partial charge in [-0.1, -0.05) is 12.2 Å². The van der Waals surface area contributed by atoms with Crippen molar-refractivity contribution in [1.82, 2.24) is 5.32 Å². The molecule has 2 heterocycles. The average molecular weight is 285 g/mol. The monoisotopic (exact) mass is 287 g/mol. The van der Waals surface area contributed by atoms with Gasteiger partial charge in [-0.2, -0.15) is 0 Å². The van der Waals surface area contributed by atoms with Gasteiger partial charge in [0.2, 0.25) is 0 Å². The Hall–Kier alpha value is 0.336. The molecule has 0 radical (unpaired) electrons. The van der Waals surface area contributed by atoms with E-state index in [9.17, 15) is 0 Å². The van der Waals surface area contributed by atoms with Gasteiger partial charge in [0.05, 0.1) is 0 Å². The van der Waals surface area contributed by atoms with Crippen LogP contribution < -0.4 is 5.32 Å². The van der Waals surface area contributed by atoms with Gasteiger partial charge in [0, 0.05) is 31.9 Å². The van der Waals surface area contributed by atoms with E-state index in [0.717, 1.165) is 12.1 Å². The summed E-state index contributed by atoms with van der Waals surface area (Å²) in [5.74, 6) is 0. The van der Waals surface area contributed by atoms with Crippen molar-refractivity contribution in [2.45, 2.75) is 24.9 Å². The topological polar surface area (TPSA) is 12.0 Å². The summed E-state index contributed by atoms with van der Waals surface area (Å²) < 4.78 is 0. The van der Waals surface area contributed by atoms with E-state index in [-0.39, 0.29) is 19.8 Å². The van der Waals surface area contributed by atoms with Crippen molar-refractivity contribution in [2.24, 2.45) is 0 Å². The molecular formula is C6H9NOs. The second kappa shape index (κ2) is 2.29. The maximum atomic E-state index is 3.42. The normalized spacial score (nSPS) is 40.0. The molecule has 8 heavy (non-hydrogen) atoms. The summed E-state index contributed by atoms with van der Waals surface area (Å²) in [4.78, 5) is 0. The van der Waals surface area contributed by atoms with E-state index in [0.29, 0.717) is 0 Å². The Morgan fingerprint density at radius 3 is 1.75 bits per heavy atom. The van der Waals surface area contributed by atoms with Crippen molar-refractivity contribution in [2.75, 3.05) is 0 Å². The fourth-order valence-electron chi connectivity index (χ4n) is 1.37. The molecule has 1 nitrogen and oxygen atoms in total. The predicted molar refractivity (Wildman–Crippen MR) is 29.1 cm³/mol. The molecule has 0 aromatic heterocycles. The molecule has 2 aliphatic rings. The molecule has 2 bridgehead atoms. The summed E-state index contributed by atoms with van der Waals surface area (Å²) >= 11 is 0.